The van der Waals surface area contributed by atoms with E-state index in [9.17, 15) is 0 Å². The fourth-order valence-electron chi connectivity index (χ4n) is 1.91. The predicted molar refractivity (Wildman–Crippen MR) is 71.5 cm³/mol. The van der Waals surface area contributed by atoms with Gasteiger partial charge in [0.1, 0.15) is 0 Å². The molecule has 1 aromatic carbocycles. The van der Waals surface area contributed by atoms with Crippen molar-refractivity contribution in [1.29, 1.82) is 0 Å². The zero-order valence-corrected chi connectivity index (χ0v) is 11.1. The number of benzene rings is 1. The summed E-state index contributed by atoms with van der Waals surface area (Å²) in [5.41, 5.74) is 17.6. The lowest BCUT2D eigenvalue weighted by Gasteiger charge is -2.17. The fourth-order valence-corrected chi connectivity index (χ4v) is 2.56. The van der Waals surface area contributed by atoms with Crippen LogP contribution in [-0.2, 0) is 12.8 Å². The Hall–Kier alpha value is -0.450. The number of nitrogen functional groups attached to an aromatic ring is 2. The number of hydrogen-bond acceptors (Lipinski definition) is 2. The Morgan fingerprint density at radius 2 is 1.36 bits per heavy atom. The molecule has 0 bridgehead atoms. The van der Waals surface area contributed by atoms with E-state index in [0.29, 0.717) is 0 Å². The first-order chi connectivity index (χ1) is 6.54. The summed E-state index contributed by atoms with van der Waals surface area (Å²) in [5, 5.41) is 0. The molecule has 14 heavy (non-hydrogen) atoms. The second-order valence-corrected chi connectivity index (χ2v) is 4.51. The lowest BCUT2D eigenvalue weighted by Crippen LogP contribution is -2.07. The second-order valence-electron chi connectivity index (χ2n) is 3.43. The lowest BCUT2D eigenvalue weighted by atomic mass is 9.95. The minimum atomic E-state index is 0.861. The molecule has 78 valence electrons. The van der Waals surface area contributed by atoms with Crippen molar-refractivity contribution >= 4 is 34.0 Å². The van der Waals surface area contributed by atoms with E-state index in [1.54, 1.807) is 0 Å². The normalized spacial score (nSPS) is 10.6. The fraction of sp³-hybridized carbons (Fsp3) is 0.455. The summed E-state index contributed by atoms with van der Waals surface area (Å²) in [6.07, 6.45) is 1.95. The van der Waals surface area contributed by atoms with Crippen molar-refractivity contribution < 1.29 is 0 Å². The highest BCUT2D eigenvalue weighted by atomic mass is 127. The average molecular weight is 304 g/mol. The molecule has 3 heteroatoms. The van der Waals surface area contributed by atoms with Crippen LogP contribution in [0, 0.1) is 10.5 Å². The van der Waals surface area contributed by atoms with Gasteiger partial charge >= 0.3 is 0 Å². The van der Waals surface area contributed by atoms with E-state index >= 15 is 0 Å². The number of nitrogens with two attached hydrogens (primary N) is 2. The third-order valence-electron chi connectivity index (χ3n) is 2.74. The highest BCUT2D eigenvalue weighted by Crippen LogP contribution is 2.33. The van der Waals surface area contributed by atoms with Crippen molar-refractivity contribution in [2.45, 2.75) is 33.6 Å². The first-order valence-electron chi connectivity index (χ1n) is 4.89. The van der Waals surface area contributed by atoms with Gasteiger partial charge in [-0.3, -0.25) is 0 Å². The predicted octanol–water partition coefficient (Wildman–Crippen LogP) is 2.89. The maximum Gasteiger partial charge on any atom is 0.0595 e. The molecule has 0 aliphatic carbocycles. The minimum absolute atomic E-state index is 0.861. The summed E-state index contributed by atoms with van der Waals surface area (Å²) >= 11 is 2.23. The van der Waals surface area contributed by atoms with E-state index < -0.39 is 0 Å². The third kappa shape index (κ3) is 1.69. The van der Waals surface area contributed by atoms with Gasteiger partial charge in [0.15, 0.2) is 0 Å². The van der Waals surface area contributed by atoms with Crippen LogP contribution in [0.3, 0.4) is 0 Å². The quantitative estimate of drug-likeness (QED) is 0.652. The lowest BCUT2D eigenvalue weighted by molar-refractivity contribution is 1.05. The summed E-state index contributed by atoms with van der Waals surface area (Å²) < 4.78 is 1.02. The number of rotatable bonds is 2. The van der Waals surface area contributed by atoms with Crippen LogP contribution in [0.4, 0.5) is 11.4 Å². The van der Waals surface area contributed by atoms with Crippen LogP contribution < -0.4 is 11.5 Å². The molecule has 0 saturated carbocycles. The zero-order chi connectivity index (χ0) is 10.9. The maximum atomic E-state index is 6.03. The van der Waals surface area contributed by atoms with Crippen molar-refractivity contribution in [3.63, 3.8) is 0 Å². The van der Waals surface area contributed by atoms with Crippen LogP contribution in [0.5, 0.6) is 0 Å². The van der Waals surface area contributed by atoms with Gasteiger partial charge in [-0.2, -0.15) is 0 Å². The summed E-state index contributed by atoms with van der Waals surface area (Å²) in [6.45, 7) is 6.37. The molecule has 0 unspecified atom stereocenters. The number of anilines is 2. The zero-order valence-electron chi connectivity index (χ0n) is 8.95. The molecule has 0 atom stereocenters. The Morgan fingerprint density at radius 3 is 1.64 bits per heavy atom. The van der Waals surface area contributed by atoms with E-state index in [4.69, 9.17) is 11.5 Å². The molecule has 4 N–H and O–H groups in total. The van der Waals surface area contributed by atoms with E-state index in [2.05, 4.69) is 43.4 Å². The van der Waals surface area contributed by atoms with Crippen LogP contribution in [0.2, 0.25) is 0 Å². The first-order valence-corrected chi connectivity index (χ1v) is 5.97. The van der Waals surface area contributed by atoms with Gasteiger partial charge in [-0.1, -0.05) is 13.8 Å². The van der Waals surface area contributed by atoms with Crippen molar-refractivity contribution in [2.75, 3.05) is 11.5 Å². The topological polar surface area (TPSA) is 52.0 Å². The molecule has 0 aliphatic rings. The molecule has 0 fully saturated rings. The molecular formula is C11H17IN2. The Kier molecular flexibility index (Phi) is 3.64. The van der Waals surface area contributed by atoms with Crippen LogP contribution in [0.15, 0.2) is 0 Å². The Balaban J connectivity index is 3.56. The molecule has 0 saturated heterocycles. The van der Waals surface area contributed by atoms with Gasteiger partial charge in [0, 0.05) is 0 Å². The number of halogens is 1. The third-order valence-corrected chi connectivity index (χ3v) is 3.90. The van der Waals surface area contributed by atoms with E-state index in [1.165, 1.54) is 16.7 Å². The van der Waals surface area contributed by atoms with Crippen molar-refractivity contribution in [2.24, 2.45) is 0 Å². The van der Waals surface area contributed by atoms with Gasteiger partial charge in [0.05, 0.1) is 14.9 Å². The number of hydrogen-bond donors (Lipinski definition) is 2. The molecule has 1 rings (SSSR count). The SMILES string of the molecule is CCc1c(C)c(CC)c(N)c(I)c1N. The molecule has 0 radical (unpaired) electrons. The summed E-state index contributed by atoms with van der Waals surface area (Å²) in [5.74, 6) is 0. The average Bonchev–Trinajstić information content (AvgIpc) is 2.16. The van der Waals surface area contributed by atoms with Gasteiger partial charge in [0.25, 0.3) is 0 Å². The molecule has 0 spiro atoms. The smallest absolute Gasteiger partial charge is 0.0595 e. The molecule has 2 nitrogen and oxygen atoms in total. The Labute approximate surface area is 99.2 Å². The summed E-state index contributed by atoms with van der Waals surface area (Å²) in [4.78, 5) is 0. The Morgan fingerprint density at radius 1 is 1.00 bits per heavy atom. The van der Waals surface area contributed by atoms with Gasteiger partial charge in [-0.05, 0) is 59.0 Å². The van der Waals surface area contributed by atoms with Gasteiger partial charge in [0.2, 0.25) is 0 Å². The van der Waals surface area contributed by atoms with E-state index in [1.807, 2.05) is 0 Å². The van der Waals surface area contributed by atoms with Crippen LogP contribution in [-0.4, -0.2) is 0 Å². The highest BCUT2D eigenvalue weighted by Gasteiger charge is 2.14. The molecule has 0 heterocycles. The summed E-state index contributed by atoms with van der Waals surface area (Å²) in [6, 6.07) is 0. The van der Waals surface area contributed by atoms with E-state index in [-0.39, 0.29) is 0 Å². The van der Waals surface area contributed by atoms with Crippen molar-refractivity contribution in [1.82, 2.24) is 0 Å². The van der Waals surface area contributed by atoms with Crippen molar-refractivity contribution in [3.8, 4) is 0 Å². The molecular weight excluding hydrogens is 287 g/mol. The van der Waals surface area contributed by atoms with Crippen molar-refractivity contribution in [3.05, 3.63) is 20.3 Å². The molecule has 1 aromatic rings. The van der Waals surface area contributed by atoms with Gasteiger partial charge < -0.3 is 11.5 Å². The highest BCUT2D eigenvalue weighted by molar-refractivity contribution is 14.1. The minimum Gasteiger partial charge on any atom is -0.398 e. The van der Waals surface area contributed by atoms with Gasteiger partial charge in [-0.15, -0.1) is 0 Å². The first kappa shape index (κ1) is 11.6. The van der Waals surface area contributed by atoms with Gasteiger partial charge in [-0.25, -0.2) is 0 Å². The standard InChI is InChI=1S/C11H17IN2/c1-4-7-6(3)8(5-2)11(14)9(12)10(7)13/h4-5,13-14H2,1-3H3. The van der Waals surface area contributed by atoms with E-state index in [0.717, 1.165) is 27.8 Å². The molecule has 0 aromatic heterocycles. The van der Waals surface area contributed by atoms with Crippen LogP contribution in [0.25, 0.3) is 0 Å². The molecule has 0 aliphatic heterocycles. The summed E-state index contributed by atoms with van der Waals surface area (Å²) in [7, 11) is 0. The van der Waals surface area contributed by atoms with Crippen LogP contribution >= 0.6 is 22.6 Å². The molecule has 0 amide bonds. The Bertz CT molecular complexity index is 328. The maximum absolute atomic E-state index is 6.03. The van der Waals surface area contributed by atoms with Crippen LogP contribution in [0.1, 0.15) is 30.5 Å². The monoisotopic (exact) mass is 304 g/mol. The largest absolute Gasteiger partial charge is 0.398 e. The second kappa shape index (κ2) is 4.38.